The Balaban J connectivity index is 3.07. The lowest BCUT2D eigenvalue weighted by Gasteiger charge is -2.17. The molecule has 1 rings (SSSR count). The van der Waals surface area contributed by atoms with Gasteiger partial charge in [-0.1, -0.05) is 12.2 Å². The van der Waals surface area contributed by atoms with E-state index in [9.17, 15) is 8.42 Å². The lowest BCUT2D eigenvalue weighted by molar-refractivity contribution is 0.282. The van der Waals surface area contributed by atoms with Gasteiger partial charge in [0.05, 0.1) is 11.5 Å². The number of aliphatic hydroxyl groups excluding tert-OH is 1. The summed E-state index contributed by atoms with van der Waals surface area (Å²) in [5, 5.41) is 10.7. The smallest absolute Gasteiger partial charge is 0.244 e. The first-order chi connectivity index (χ1) is 7.39. The summed E-state index contributed by atoms with van der Waals surface area (Å²) in [6.07, 6.45) is 0. The third-order valence-corrected chi connectivity index (χ3v) is 4.95. The fourth-order valence-electron chi connectivity index (χ4n) is 1.31. The Morgan fingerprint density at radius 3 is 2.75 bits per heavy atom. The Labute approximate surface area is 99.9 Å². The summed E-state index contributed by atoms with van der Waals surface area (Å²) in [6, 6.07) is 1.51. The monoisotopic (exact) mass is 261 g/mol. The molecule has 0 fully saturated rings. The number of hydrogen-bond donors (Lipinski definition) is 1. The average molecular weight is 261 g/mol. The molecule has 0 bridgehead atoms. The van der Waals surface area contributed by atoms with E-state index in [2.05, 4.69) is 6.58 Å². The van der Waals surface area contributed by atoms with Gasteiger partial charge in [-0.2, -0.15) is 4.31 Å². The summed E-state index contributed by atoms with van der Waals surface area (Å²) in [5.41, 5.74) is 0.770. The zero-order valence-corrected chi connectivity index (χ0v) is 10.9. The van der Waals surface area contributed by atoms with Crippen LogP contribution in [-0.4, -0.2) is 31.4 Å². The van der Waals surface area contributed by atoms with Crippen molar-refractivity contribution >= 4 is 21.4 Å². The molecule has 0 unspecified atom stereocenters. The molecule has 1 heterocycles. The van der Waals surface area contributed by atoms with Crippen molar-refractivity contribution in [2.45, 2.75) is 18.4 Å². The van der Waals surface area contributed by atoms with Gasteiger partial charge in [-0.25, -0.2) is 8.42 Å². The van der Waals surface area contributed by atoms with Gasteiger partial charge in [-0.05, 0) is 18.4 Å². The van der Waals surface area contributed by atoms with Crippen LogP contribution in [0.3, 0.4) is 0 Å². The quantitative estimate of drug-likeness (QED) is 0.816. The normalized spacial score (nSPS) is 12.0. The molecule has 0 saturated heterocycles. The molecule has 1 aromatic heterocycles. The molecule has 4 nitrogen and oxygen atoms in total. The van der Waals surface area contributed by atoms with Gasteiger partial charge < -0.3 is 5.11 Å². The highest BCUT2D eigenvalue weighted by Gasteiger charge is 2.24. The summed E-state index contributed by atoms with van der Waals surface area (Å²) in [6.45, 7) is 5.47. The SMILES string of the molecule is C=C(C)CN(C)S(=O)(=O)c1ccsc1CO. The summed E-state index contributed by atoms with van der Waals surface area (Å²) >= 11 is 1.23. The maximum Gasteiger partial charge on any atom is 0.244 e. The molecular weight excluding hydrogens is 246 g/mol. The number of likely N-dealkylation sites (N-methyl/N-ethyl adjacent to an activating group) is 1. The molecule has 16 heavy (non-hydrogen) atoms. The van der Waals surface area contributed by atoms with Crippen LogP contribution in [0.4, 0.5) is 0 Å². The number of sulfonamides is 1. The molecule has 0 aliphatic heterocycles. The fourth-order valence-corrected chi connectivity index (χ4v) is 3.80. The second-order valence-electron chi connectivity index (χ2n) is 3.58. The minimum absolute atomic E-state index is 0.184. The molecule has 0 spiro atoms. The van der Waals surface area contributed by atoms with Crippen molar-refractivity contribution < 1.29 is 13.5 Å². The molecule has 0 aliphatic rings. The number of nitrogens with zero attached hydrogens (tertiary/aromatic N) is 1. The molecular formula is C10H15NO3S2. The molecule has 0 amide bonds. The van der Waals surface area contributed by atoms with Crippen LogP contribution in [0.25, 0.3) is 0 Å². The van der Waals surface area contributed by atoms with Crippen LogP contribution in [0.2, 0.25) is 0 Å². The molecule has 0 radical (unpaired) electrons. The molecule has 0 atom stereocenters. The molecule has 1 aromatic rings. The minimum Gasteiger partial charge on any atom is -0.391 e. The zero-order chi connectivity index (χ0) is 12.3. The van der Waals surface area contributed by atoms with Gasteiger partial charge in [-0.15, -0.1) is 11.3 Å². The van der Waals surface area contributed by atoms with Crippen molar-refractivity contribution in [3.63, 3.8) is 0 Å². The van der Waals surface area contributed by atoms with Gasteiger partial charge in [0.1, 0.15) is 0 Å². The van der Waals surface area contributed by atoms with Crippen LogP contribution in [0.15, 0.2) is 28.5 Å². The highest BCUT2D eigenvalue weighted by molar-refractivity contribution is 7.89. The van der Waals surface area contributed by atoms with Crippen molar-refractivity contribution in [2.24, 2.45) is 0 Å². The van der Waals surface area contributed by atoms with Crippen LogP contribution in [-0.2, 0) is 16.6 Å². The summed E-state index contributed by atoms with van der Waals surface area (Å²) < 4.78 is 25.4. The molecule has 0 aromatic carbocycles. The van der Waals surface area contributed by atoms with E-state index in [1.807, 2.05) is 0 Å². The van der Waals surface area contributed by atoms with Gasteiger partial charge in [0.25, 0.3) is 0 Å². The van der Waals surface area contributed by atoms with E-state index in [1.165, 1.54) is 28.8 Å². The largest absolute Gasteiger partial charge is 0.391 e. The zero-order valence-electron chi connectivity index (χ0n) is 9.30. The summed E-state index contributed by atoms with van der Waals surface area (Å²) in [7, 11) is -2.01. The van der Waals surface area contributed by atoms with Gasteiger partial charge >= 0.3 is 0 Å². The van der Waals surface area contributed by atoms with Crippen LogP contribution < -0.4 is 0 Å². The average Bonchev–Trinajstić information content (AvgIpc) is 2.64. The van der Waals surface area contributed by atoms with Crippen molar-refractivity contribution in [3.05, 3.63) is 28.5 Å². The Hall–Kier alpha value is -0.690. The fraction of sp³-hybridized carbons (Fsp3) is 0.400. The number of aliphatic hydroxyl groups is 1. The van der Waals surface area contributed by atoms with Crippen LogP contribution in [0.1, 0.15) is 11.8 Å². The third kappa shape index (κ3) is 2.70. The first kappa shape index (κ1) is 13.4. The van der Waals surface area contributed by atoms with Crippen LogP contribution in [0, 0.1) is 0 Å². The number of hydrogen-bond acceptors (Lipinski definition) is 4. The second kappa shape index (κ2) is 5.09. The molecule has 6 heteroatoms. The lowest BCUT2D eigenvalue weighted by Crippen LogP contribution is -2.28. The molecule has 0 saturated carbocycles. The third-order valence-electron chi connectivity index (χ3n) is 2.03. The first-order valence-corrected chi connectivity index (χ1v) is 6.99. The number of rotatable bonds is 5. The van der Waals surface area contributed by atoms with Crippen molar-refractivity contribution in [2.75, 3.05) is 13.6 Å². The highest BCUT2D eigenvalue weighted by atomic mass is 32.2. The van der Waals surface area contributed by atoms with E-state index in [4.69, 9.17) is 5.11 Å². The topological polar surface area (TPSA) is 57.6 Å². The predicted molar refractivity (Wildman–Crippen MR) is 64.9 cm³/mol. The highest BCUT2D eigenvalue weighted by Crippen LogP contribution is 2.24. The molecule has 0 aliphatic carbocycles. The minimum atomic E-state index is -3.51. The van der Waals surface area contributed by atoms with E-state index in [0.717, 1.165) is 5.57 Å². The Morgan fingerprint density at radius 1 is 1.62 bits per heavy atom. The van der Waals surface area contributed by atoms with E-state index >= 15 is 0 Å². The number of thiophene rings is 1. The second-order valence-corrected chi connectivity index (χ2v) is 6.60. The van der Waals surface area contributed by atoms with Crippen molar-refractivity contribution in [1.29, 1.82) is 0 Å². The predicted octanol–water partition coefficient (Wildman–Crippen LogP) is 1.44. The summed E-state index contributed by atoms with van der Waals surface area (Å²) in [4.78, 5) is 0.650. The van der Waals surface area contributed by atoms with E-state index < -0.39 is 10.0 Å². The van der Waals surface area contributed by atoms with Gasteiger partial charge in [-0.3, -0.25) is 0 Å². The van der Waals surface area contributed by atoms with E-state index in [0.29, 0.717) is 4.88 Å². The van der Waals surface area contributed by atoms with Crippen LogP contribution in [0.5, 0.6) is 0 Å². The first-order valence-electron chi connectivity index (χ1n) is 4.67. The molecule has 90 valence electrons. The Morgan fingerprint density at radius 2 is 2.25 bits per heavy atom. The van der Waals surface area contributed by atoms with Crippen LogP contribution >= 0.6 is 11.3 Å². The lowest BCUT2D eigenvalue weighted by atomic mass is 10.4. The maximum absolute atomic E-state index is 12.1. The molecule has 1 N–H and O–H groups in total. The van der Waals surface area contributed by atoms with E-state index in [1.54, 1.807) is 12.3 Å². The van der Waals surface area contributed by atoms with Gasteiger partial charge in [0.15, 0.2) is 0 Å². The van der Waals surface area contributed by atoms with E-state index in [-0.39, 0.29) is 18.0 Å². The van der Waals surface area contributed by atoms with Crippen molar-refractivity contribution in [3.8, 4) is 0 Å². The van der Waals surface area contributed by atoms with Gasteiger partial charge in [0, 0.05) is 18.5 Å². The standard InChI is InChI=1S/C10H15NO3S2/c1-8(2)6-11(3)16(13,14)10-4-5-15-9(10)7-12/h4-5,12H,1,6-7H2,2-3H3. The Kier molecular flexibility index (Phi) is 4.26. The van der Waals surface area contributed by atoms with Gasteiger partial charge in [0.2, 0.25) is 10.0 Å². The Bertz CT molecular complexity index is 476. The maximum atomic E-state index is 12.1. The summed E-state index contributed by atoms with van der Waals surface area (Å²) in [5.74, 6) is 0. The van der Waals surface area contributed by atoms with Crippen molar-refractivity contribution in [1.82, 2.24) is 4.31 Å².